The maximum absolute atomic E-state index is 11.0. The van der Waals surface area contributed by atoms with Crippen molar-refractivity contribution in [2.75, 3.05) is 14.2 Å². The Morgan fingerprint density at radius 2 is 1.18 bits per heavy atom. The number of benzene rings is 1. The van der Waals surface area contributed by atoms with E-state index in [1.54, 1.807) is 0 Å². The zero-order chi connectivity index (χ0) is 16.2. The first-order valence-corrected chi connectivity index (χ1v) is 7.22. The van der Waals surface area contributed by atoms with Crippen LogP contribution in [0.2, 0.25) is 0 Å². The highest BCUT2D eigenvalue weighted by atomic mass is 16.5. The van der Waals surface area contributed by atoms with Gasteiger partial charge in [-0.1, -0.05) is 48.6 Å². The SMILES string of the molecule is COC(=O)CC/C=C/c1ccc(/C=C/CCC(=O)OC)cc1. The number of carbonyl (C=O) groups is 2. The Morgan fingerprint density at radius 1 is 0.818 bits per heavy atom. The van der Waals surface area contributed by atoms with Gasteiger partial charge in [-0.05, 0) is 24.0 Å². The molecule has 0 saturated carbocycles. The average Bonchev–Trinajstić information content (AvgIpc) is 2.56. The molecule has 0 fully saturated rings. The lowest BCUT2D eigenvalue weighted by Gasteiger charge is -1.97. The van der Waals surface area contributed by atoms with Crippen molar-refractivity contribution in [3.63, 3.8) is 0 Å². The van der Waals surface area contributed by atoms with E-state index >= 15 is 0 Å². The molecule has 0 saturated heterocycles. The van der Waals surface area contributed by atoms with Crippen molar-refractivity contribution in [1.29, 1.82) is 0 Å². The fourth-order valence-electron chi connectivity index (χ4n) is 1.76. The van der Waals surface area contributed by atoms with E-state index in [9.17, 15) is 9.59 Å². The number of methoxy groups -OCH3 is 2. The molecular formula is C18H22O4. The highest BCUT2D eigenvalue weighted by Crippen LogP contribution is 2.09. The number of carbonyl (C=O) groups excluding carboxylic acids is 2. The average molecular weight is 302 g/mol. The molecule has 4 nitrogen and oxygen atoms in total. The van der Waals surface area contributed by atoms with Crippen molar-refractivity contribution < 1.29 is 19.1 Å². The lowest BCUT2D eigenvalue weighted by atomic mass is 10.1. The molecule has 0 aliphatic rings. The molecule has 0 aliphatic heterocycles. The van der Waals surface area contributed by atoms with Gasteiger partial charge in [-0.3, -0.25) is 9.59 Å². The normalized spacial score (nSPS) is 11.0. The fourth-order valence-corrected chi connectivity index (χ4v) is 1.76. The molecule has 0 radical (unpaired) electrons. The predicted molar refractivity (Wildman–Crippen MR) is 87.0 cm³/mol. The molecule has 22 heavy (non-hydrogen) atoms. The quantitative estimate of drug-likeness (QED) is 0.688. The molecule has 0 aromatic heterocycles. The number of ether oxygens (including phenoxy) is 2. The lowest BCUT2D eigenvalue weighted by Crippen LogP contribution is -1.97. The lowest BCUT2D eigenvalue weighted by molar-refractivity contribution is -0.141. The second-order valence-corrected chi connectivity index (χ2v) is 4.70. The van der Waals surface area contributed by atoms with Gasteiger partial charge in [0.25, 0.3) is 0 Å². The molecule has 1 rings (SSSR count). The molecule has 0 spiro atoms. The van der Waals surface area contributed by atoms with Crippen LogP contribution >= 0.6 is 0 Å². The van der Waals surface area contributed by atoms with E-state index in [2.05, 4.69) is 9.47 Å². The Balaban J connectivity index is 2.39. The van der Waals surface area contributed by atoms with Crippen molar-refractivity contribution in [2.45, 2.75) is 25.7 Å². The molecule has 0 amide bonds. The summed E-state index contributed by atoms with van der Waals surface area (Å²) in [6.45, 7) is 0. The number of hydrogen-bond acceptors (Lipinski definition) is 4. The molecule has 0 N–H and O–H groups in total. The Bertz CT molecular complexity index is 478. The molecule has 0 heterocycles. The molecule has 0 bridgehead atoms. The second kappa shape index (κ2) is 10.4. The molecule has 0 aliphatic carbocycles. The molecule has 4 heteroatoms. The van der Waals surface area contributed by atoms with Crippen molar-refractivity contribution in [3.8, 4) is 0 Å². The van der Waals surface area contributed by atoms with Crippen LogP contribution in [0, 0.1) is 0 Å². The van der Waals surface area contributed by atoms with Gasteiger partial charge in [-0.2, -0.15) is 0 Å². The van der Waals surface area contributed by atoms with Crippen LogP contribution in [0.15, 0.2) is 36.4 Å². The van der Waals surface area contributed by atoms with Gasteiger partial charge in [0.2, 0.25) is 0 Å². The van der Waals surface area contributed by atoms with E-state index in [-0.39, 0.29) is 11.9 Å². The van der Waals surface area contributed by atoms with E-state index in [0.717, 1.165) is 11.1 Å². The minimum atomic E-state index is -0.197. The second-order valence-electron chi connectivity index (χ2n) is 4.70. The summed E-state index contributed by atoms with van der Waals surface area (Å²) in [4.78, 5) is 21.9. The van der Waals surface area contributed by atoms with Crippen LogP contribution in [0.4, 0.5) is 0 Å². The van der Waals surface area contributed by atoms with Crippen LogP contribution in [0.5, 0.6) is 0 Å². The smallest absolute Gasteiger partial charge is 0.305 e. The van der Waals surface area contributed by atoms with E-state index < -0.39 is 0 Å². The third-order valence-electron chi connectivity index (χ3n) is 3.04. The molecule has 0 atom stereocenters. The van der Waals surface area contributed by atoms with Gasteiger partial charge in [0.15, 0.2) is 0 Å². The minimum Gasteiger partial charge on any atom is -0.469 e. The first kappa shape index (κ1) is 17.7. The Morgan fingerprint density at radius 3 is 1.50 bits per heavy atom. The standard InChI is InChI=1S/C18H22O4/c1-21-17(19)9-5-3-7-15-11-13-16(14-12-15)8-4-6-10-18(20)22-2/h3-4,7-8,11-14H,5-6,9-10H2,1-2H3/b7-3+,8-4+. The number of hydrogen-bond donors (Lipinski definition) is 0. The Hall–Kier alpha value is -2.36. The predicted octanol–water partition coefficient (Wildman–Crippen LogP) is 3.62. The summed E-state index contributed by atoms with van der Waals surface area (Å²) in [5.41, 5.74) is 2.16. The Labute approximate surface area is 131 Å². The number of allylic oxidation sites excluding steroid dienone is 2. The van der Waals surface area contributed by atoms with Crippen LogP contribution in [0.1, 0.15) is 36.8 Å². The van der Waals surface area contributed by atoms with Gasteiger partial charge < -0.3 is 9.47 Å². The van der Waals surface area contributed by atoms with Crippen LogP contribution in [0.3, 0.4) is 0 Å². The summed E-state index contributed by atoms with van der Waals surface area (Å²) < 4.78 is 9.16. The summed E-state index contributed by atoms with van der Waals surface area (Å²) in [6, 6.07) is 8.03. The topological polar surface area (TPSA) is 52.6 Å². The highest BCUT2D eigenvalue weighted by Gasteiger charge is 1.97. The maximum Gasteiger partial charge on any atom is 0.305 e. The fraction of sp³-hybridized carbons (Fsp3) is 0.333. The molecular weight excluding hydrogens is 280 g/mol. The van der Waals surface area contributed by atoms with Gasteiger partial charge in [0.05, 0.1) is 14.2 Å². The van der Waals surface area contributed by atoms with Crippen LogP contribution in [0.25, 0.3) is 12.2 Å². The van der Waals surface area contributed by atoms with E-state index in [4.69, 9.17) is 0 Å². The van der Waals surface area contributed by atoms with Gasteiger partial charge in [0, 0.05) is 12.8 Å². The number of rotatable bonds is 8. The first-order chi connectivity index (χ1) is 10.7. The summed E-state index contributed by atoms with van der Waals surface area (Å²) in [7, 11) is 2.78. The van der Waals surface area contributed by atoms with Crippen LogP contribution in [-0.2, 0) is 19.1 Å². The summed E-state index contributed by atoms with van der Waals surface area (Å²) in [5.74, 6) is -0.394. The first-order valence-electron chi connectivity index (χ1n) is 7.22. The molecule has 1 aromatic rings. The monoisotopic (exact) mass is 302 g/mol. The summed E-state index contributed by atoms with van der Waals surface area (Å²) in [6.07, 6.45) is 10.0. The van der Waals surface area contributed by atoms with Crippen molar-refractivity contribution >= 4 is 24.1 Å². The molecule has 118 valence electrons. The van der Waals surface area contributed by atoms with Gasteiger partial charge in [-0.25, -0.2) is 0 Å². The van der Waals surface area contributed by atoms with Crippen molar-refractivity contribution in [3.05, 3.63) is 47.5 Å². The zero-order valence-electron chi connectivity index (χ0n) is 13.1. The number of esters is 2. The van der Waals surface area contributed by atoms with Gasteiger partial charge >= 0.3 is 11.9 Å². The third kappa shape index (κ3) is 7.43. The van der Waals surface area contributed by atoms with E-state index in [1.807, 2.05) is 48.6 Å². The third-order valence-corrected chi connectivity index (χ3v) is 3.04. The van der Waals surface area contributed by atoms with Crippen LogP contribution < -0.4 is 0 Å². The van der Waals surface area contributed by atoms with Crippen molar-refractivity contribution in [1.82, 2.24) is 0 Å². The highest BCUT2D eigenvalue weighted by molar-refractivity contribution is 5.70. The van der Waals surface area contributed by atoms with Gasteiger partial charge in [0.1, 0.15) is 0 Å². The van der Waals surface area contributed by atoms with Gasteiger partial charge in [-0.15, -0.1) is 0 Å². The summed E-state index contributed by atoms with van der Waals surface area (Å²) in [5, 5.41) is 0. The Kier molecular flexibility index (Phi) is 8.35. The molecule has 1 aromatic carbocycles. The summed E-state index contributed by atoms with van der Waals surface area (Å²) >= 11 is 0. The van der Waals surface area contributed by atoms with Crippen molar-refractivity contribution in [2.24, 2.45) is 0 Å². The van der Waals surface area contributed by atoms with E-state index in [1.165, 1.54) is 14.2 Å². The minimum absolute atomic E-state index is 0.197. The zero-order valence-corrected chi connectivity index (χ0v) is 13.1. The van der Waals surface area contributed by atoms with Crippen LogP contribution in [-0.4, -0.2) is 26.2 Å². The van der Waals surface area contributed by atoms with E-state index in [0.29, 0.717) is 25.7 Å². The largest absolute Gasteiger partial charge is 0.469 e. The molecule has 0 unspecified atom stereocenters. The maximum atomic E-state index is 11.0.